The van der Waals surface area contributed by atoms with Gasteiger partial charge >= 0.3 is 0 Å². The van der Waals surface area contributed by atoms with E-state index in [1.165, 1.54) is 12.1 Å². The van der Waals surface area contributed by atoms with E-state index in [9.17, 15) is 14.6 Å². The van der Waals surface area contributed by atoms with E-state index in [0.29, 0.717) is 24.2 Å². The molecule has 0 fully saturated rings. The first-order valence-electron chi connectivity index (χ1n) is 6.44. The average molecular weight is 275 g/mol. The number of hydrogen-bond donors (Lipinski definition) is 3. The highest BCUT2D eigenvalue weighted by atomic mass is 19.1. The van der Waals surface area contributed by atoms with Crippen LogP contribution in [0.3, 0.4) is 0 Å². The molecule has 0 atom stereocenters. The third-order valence-corrected chi connectivity index (χ3v) is 3.19. The topological polar surface area (TPSA) is 52.5 Å². The fourth-order valence-electron chi connectivity index (χ4n) is 2.17. The second kappa shape index (κ2) is 5.92. The summed E-state index contributed by atoms with van der Waals surface area (Å²) in [5, 5.41) is 21.9. The lowest BCUT2D eigenvalue weighted by Crippen LogP contribution is -2.13. The summed E-state index contributed by atoms with van der Waals surface area (Å²) >= 11 is 0. The summed E-state index contributed by atoms with van der Waals surface area (Å²) < 4.78 is 13.5. The van der Waals surface area contributed by atoms with Crippen LogP contribution in [-0.4, -0.2) is 10.2 Å². The summed E-state index contributed by atoms with van der Waals surface area (Å²) in [6, 6.07) is 8.36. The Bertz CT molecular complexity index is 603. The van der Waals surface area contributed by atoms with Crippen LogP contribution in [0.2, 0.25) is 0 Å². The minimum absolute atomic E-state index is 0.126. The third-order valence-electron chi connectivity index (χ3n) is 3.19. The van der Waals surface area contributed by atoms with Crippen LogP contribution in [-0.2, 0) is 13.1 Å². The second-order valence-electron chi connectivity index (χ2n) is 4.97. The highest BCUT2D eigenvalue weighted by Crippen LogP contribution is 2.24. The molecule has 2 aromatic carbocycles. The Labute approximate surface area is 117 Å². The lowest BCUT2D eigenvalue weighted by atomic mass is 10.1. The van der Waals surface area contributed by atoms with Crippen molar-refractivity contribution in [2.75, 3.05) is 0 Å². The van der Waals surface area contributed by atoms with Crippen LogP contribution in [0, 0.1) is 19.7 Å². The lowest BCUT2D eigenvalue weighted by molar-refractivity contribution is 0.403. The zero-order chi connectivity index (χ0) is 14.7. The molecule has 3 nitrogen and oxygen atoms in total. The summed E-state index contributed by atoms with van der Waals surface area (Å²) in [6.07, 6.45) is 0. The van der Waals surface area contributed by atoms with E-state index in [4.69, 9.17) is 0 Å². The van der Waals surface area contributed by atoms with Gasteiger partial charge in [0.15, 0.2) is 11.5 Å². The van der Waals surface area contributed by atoms with E-state index < -0.39 is 0 Å². The van der Waals surface area contributed by atoms with Crippen LogP contribution in [0.4, 0.5) is 4.39 Å². The van der Waals surface area contributed by atoms with Gasteiger partial charge in [-0.3, -0.25) is 0 Å². The van der Waals surface area contributed by atoms with Gasteiger partial charge in [-0.15, -0.1) is 0 Å². The zero-order valence-corrected chi connectivity index (χ0v) is 11.6. The maximum atomic E-state index is 13.5. The number of phenolic OH excluding ortho intramolecular Hbond substituents is 2. The minimum Gasteiger partial charge on any atom is -0.504 e. The summed E-state index contributed by atoms with van der Waals surface area (Å²) in [7, 11) is 0. The van der Waals surface area contributed by atoms with Crippen molar-refractivity contribution >= 4 is 0 Å². The molecule has 0 spiro atoms. The predicted molar refractivity (Wildman–Crippen MR) is 76.2 cm³/mol. The van der Waals surface area contributed by atoms with Crippen molar-refractivity contribution in [1.29, 1.82) is 0 Å². The van der Waals surface area contributed by atoms with E-state index in [1.54, 1.807) is 19.9 Å². The van der Waals surface area contributed by atoms with Crippen molar-refractivity contribution in [3.63, 3.8) is 0 Å². The van der Waals surface area contributed by atoms with Gasteiger partial charge in [-0.05, 0) is 48.2 Å². The number of rotatable bonds is 4. The van der Waals surface area contributed by atoms with E-state index in [2.05, 4.69) is 5.32 Å². The molecule has 0 radical (unpaired) electrons. The van der Waals surface area contributed by atoms with Crippen LogP contribution >= 0.6 is 0 Å². The molecular formula is C16H18FNO2. The molecule has 0 aromatic heterocycles. The zero-order valence-electron chi connectivity index (χ0n) is 11.6. The number of aromatic hydroxyl groups is 2. The molecule has 4 heteroatoms. The summed E-state index contributed by atoms with van der Waals surface area (Å²) in [5.41, 5.74) is 3.17. The van der Waals surface area contributed by atoms with Crippen molar-refractivity contribution < 1.29 is 14.6 Å². The van der Waals surface area contributed by atoms with Gasteiger partial charge in [0.2, 0.25) is 0 Å². The molecule has 0 aliphatic rings. The number of aryl methyl sites for hydroxylation is 2. The molecule has 3 N–H and O–H groups in total. The number of benzene rings is 2. The fourth-order valence-corrected chi connectivity index (χ4v) is 2.17. The standard InChI is InChI=1S/C16H18FNO2/c1-10-5-13(6-11(2)16(10)17)9-18-8-12-3-4-14(19)15(20)7-12/h3-7,18-20H,8-9H2,1-2H3. The highest BCUT2D eigenvalue weighted by Gasteiger charge is 2.04. The Kier molecular flexibility index (Phi) is 4.25. The van der Waals surface area contributed by atoms with Crippen molar-refractivity contribution in [3.8, 4) is 11.5 Å². The molecule has 0 saturated carbocycles. The lowest BCUT2D eigenvalue weighted by Gasteiger charge is -2.09. The third kappa shape index (κ3) is 3.27. The van der Waals surface area contributed by atoms with E-state index in [1.807, 2.05) is 12.1 Å². The normalized spacial score (nSPS) is 10.8. The Hall–Kier alpha value is -2.07. The average Bonchev–Trinajstić information content (AvgIpc) is 2.40. The Morgan fingerprint density at radius 2 is 1.50 bits per heavy atom. The first-order chi connectivity index (χ1) is 9.47. The first-order valence-corrected chi connectivity index (χ1v) is 6.44. The summed E-state index contributed by atoms with van der Waals surface area (Å²) in [4.78, 5) is 0. The van der Waals surface area contributed by atoms with Crippen molar-refractivity contribution in [3.05, 3.63) is 58.4 Å². The molecule has 0 bridgehead atoms. The Balaban J connectivity index is 1.97. The van der Waals surface area contributed by atoms with Crippen molar-refractivity contribution in [1.82, 2.24) is 5.32 Å². The number of nitrogens with one attached hydrogen (secondary N) is 1. The minimum atomic E-state index is -0.155. The van der Waals surface area contributed by atoms with E-state index in [-0.39, 0.29) is 17.3 Å². The van der Waals surface area contributed by atoms with Gasteiger partial charge in [0.05, 0.1) is 0 Å². The van der Waals surface area contributed by atoms with Gasteiger partial charge in [0.1, 0.15) is 5.82 Å². The van der Waals surface area contributed by atoms with Gasteiger partial charge in [0, 0.05) is 13.1 Å². The van der Waals surface area contributed by atoms with Crippen LogP contribution in [0.25, 0.3) is 0 Å². The molecule has 20 heavy (non-hydrogen) atoms. The van der Waals surface area contributed by atoms with Crippen LogP contribution in [0.15, 0.2) is 30.3 Å². The molecule has 106 valence electrons. The molecule has 0 heterocycles. The van der Waals surface area contributed by atoms with Gasteiger partial charge in [-0.1, -0.05) is 18.2 Å². The van der Waals surface area contributed by atoms with Crippen LogP contribution < -0.4 is 5.32 Å². The second-order valence-corrected chi connectivity index (χ2v) is 4.97. The number of phenols is 2. The molecule has 0 amide bonds. The molecule has 0 unspecified atom stereocenters. The quantitative estimate of drug-likeness (QED) is 0.751. The van der Waals surface area contributed by atoms with Crippen LogP contribution in [0.1, 0.15) is 22.3 Å². The van der Waals surface area contributed by atoms with Gasteiger partial charge in [-0.25, -0.2) is 4.39 Å². The molecule has 0 aliphatic carbocycles. The molecule has 2 aromatic rings. The SMILES string of the molecule is Cc1cc(CNCc2ccc(O)c(O)c2)cc(C)c1F. The van der Waals surface area contributed by atoms with Gasteiger partial charge in [-0.2, -0.15) is 0 Å². The Morgan fingerprint density at radius 3 is 2.10 bits per heavy atom. The largest absolute Gasteiger partial charge is 0.504 e. The molecule has 2 rings (SSSR count). The van der Waals surface area contributed by atoms with Crippen LogP contribution in [0.5, 0.6) is 11.5 Å². The fraction of sp³-hybridized carbons (Fsp3) is 0.250. The van der Waals surface area contributed by atoms with Crippen molar-refractivity contribution in [2.45, 2.75) is 26.9 Å². The van der Waals surface area contributed by atoms with Gasteiger partial charge in [0.25, 0.3) is 0 Å². The van der Waals surface area contributed by atoms with E-state index in [0.717, 1.165) is 11.1 Å². The number of halogens is 1. The monoisotopic (exact) mass is 275 g/mol. The first kappa shape index (κ1) is 14.3. The summed E-state index contributed by atoms with van der Waals surface area (Å²) in [5.74, 6) is -0.409. The Morgan fingerprint density at radius 1 is 0.900 bits per heavy atom. The maximum absolute atomic E-state index is 13.5. The van der Waals surface area contributed by atoms with Crippen molar-refractivity contribution in [2.24, 2.45) is 0 Å². The molecule has 0 aliphatic heterocycles. The predicted octanol–water partition coefficient (Wildman–Crippen LogP) is 3.14. The highest BCUT2D eigenvalue weighted by molar-refractivity contribution is 5.40. The number of hydrogen-bond acceptors (Lipinski definition) is 3. The maximum Gasteiger partial charge on any atom is 0.157 e. The molecule has 0 saturated heterocycles. The smallest absolute Gasteiger partial charge is 0.157 e. The molecular weight excluding hydrogens is 257 g/mol. The van der Waals surface area contributed by atoms with E-state index >= 15 is 0 Å². The summed E-state index contributed by atoms with van der Waals surface area (Å²) in [6.45, 7) is 4.68. The van der Waals surface area contributed by atoms with Gasteiger partial charge < -0.3 is 15.5 Å².